The van der Waals surface area contributed by atoms with E-state index >= 15 is 0 Å². The Kier molecular flexibility index (Phi) is 5.05. The smallest absolute Gasteiger partial charge is 0.323 e. The monoisotopic (exact) mass is 458 g/mol. The number of hydrogen-bond donors (Lipinski definition) is 4. The minimum absolute atomic E-state index is 0.186. The SMILES string of the molecule is C[C@H](Sc1n[nH]c(-c2ccccc2Br)n1)C(=O)Nc1ccc2[nH]c(=O)[nH]c2c1. The highest BCUT2D eigenvalue weighted by atomic mass is 79.9. The number of hydrogen-bond acceptors (Lipinski definition) is 5. The van der Waals surface area contributed by atoms with Crippen molar-refractivity contribution in [2.75, 3.05) is 5.32 Å². The van der Waals surface area contributed by atoms with Gasteiger partial charge in [-0.3, -0.25) is 9.89 Å². The number of carbonyl (C=O) groups is 1. The zero-order valence-electron chi connectivity index (χ0n) is 14.6. The molecule has 4 aromatic rings. The Bertz CT molecular complexity index is 1210. The van der Waals surface area contributed by atoms with E-state index in [9.17, 15) is 9.59 Å². The number of H-pyrrole nitrogens is 3. The van der Waals surface area contributed by atoms with Crippen molar-refractivity contribution in [3.05, 3.63) is 57.4 Å². The average Bonchev–Trinajstić information content (AvgIpc) is 3.27. The summed E-state index contributed by atoms with van der Waals surface area (Å²) in [6.45, 7) is 1.78. The molecular formula is C18H15BrN6O2S. The molecule has 1 atom stereocenters. The fourth-order valence-corrected chi connectivity index (χ4v) is 3.84. The molecule has 0 unspecified atom stereocenters. The summed E-state index contributed by atoms with van der Waals surface area (Å²) in [6.07, 6.45) is 0. The van der Waals surface area contributed by atoms with E-state index in [1.165, 1.54) is 11.8 Å². The van der Waals surface area contributed by atoms with Crippen molar-refractivity contribution in [2.24, 2.45) is 0 Å². The van der Waals surface area contributed by atoms with Crippen LogP contribution in [0.3, 0.4) is 0 Å². The summed E-state index contributed by atoms with van der Waals surface area (Å²) in [5.41, 5.74) is 2.53. The summed E-state index contributed by atoms with van der Waals surface area (Å²) in [5, 5.41) is 10.0. The first-order valence-electron chi connectivity index (χ1n) is 8.36. The van der Waals surface area contributed by atoms with E-state index in [4.69, 9.17) is 0 Å². The maximum absolute atomic E-state index is 12.5. The van der Waals surface area contributed by atoms with Gasteiger partial charge in [0.1, 0.15) is 0 Å². The molecular weight excluding hydrogens is 444 g/mol. The van der Waals surface area contributed by atoms with Crippen molar-refractivity contribution >= 4 is 50.3 Å². The third-order valence-corrected chi connectivity index (χ3v) is 5.68. The molecule has 0 aliphatic carbocycles. The van der Waals surface area contributed by atoms with E-state index in [-0.39, 0.29) is 11.6 Å². The number of aromatic nitrogens is 5. The number of carbonyl (C=O) groups excluding carboxylic acids is 1. The van der Waals surface area contributed by atoms with E-state index in [2.05, 4.69) is 46.4 Å². The van der Waals surface area contributed by atoms with Crippen LogP contribution in [-0.2, 0) is 4.79 Å². The highest BCUT2D eigenvalue weighted by Crippen LogP contribution is 2.28. The van der Waals surface area contributed by atoms with Crippen LogP contribution in [0.15, 0.2) is 56.9 Å². The number of nitrogens with zero attached hydrogens (tertiary/aromatic N) is 2. The molecule has 8 nitrogen and oxygen atoms in total. The van der Waals surface area contributed by atoms with Crippen molar-refractivity contribution < 1.29 is 4.79 Å². The first kappa shape index (κ1) is 18.5. The van der Waals surface area contributed by atoms with E-state index in [0.29, 0.717) is 27.7 Å². The summed E-state index contributed by atoms with van der Waals surface area (Å²) in [4.78, 5) is 33.6. The van der Waals surface area contributed by atoms with E-state index in [1.54, 1.807) is 25.1 Å². The molecule has 4 rings (SSSR count). The van der Waals surface area contributed by atoms with Gasteiger partial charge < -0.3 is 15.3 Å². The van der Waals surface area contributed by atoms with Gasteiger partial charge in [-0.2, -0.15) is 0 Å². The molecule has 2 aromatic heterocycles. The van der Waals surface area contributed by atoms with Gasteiger partial charge in [-0.05, 0) is 31.2 Å². The first-order valence-corrected chi connectivity index (χ1v) is 10.0. The Balaban J connectivity index is 1.44. The van der Waals surface area contributed by atoms with Gasteiger partial charge in [0.05, 0.1) is 16.3 Å². The van der Waals surface area contributed by atoms with Gasteiger partial charge in [-0.15, -0.1) is 5.10 Å². The van der Waals surface area contributed by atoms with Gasteiger partial charge in [0.15, 0.2) is 5.82 Å². The molecule has 0 radical (unpaired) electrons. The Morgan fingerprint density at radius 3 is 2.79 bits per heavy atom. The Morgan fingerprint density at radius 2 is 1.96 bits per heavy atom. The number of fused-ring (bicyclic) bond motifs is 1. The lowest BCUT2D eigenvalue weighted by Gasteiger charge is -2.10. The molecule has 142 valence electrons. The summed E-state index contributed by atoms with van der Waals surface area (Å²) in [5.74, 6) is 0.443. The first-order chi connectivity index (χ1) is 13.5. The number of benzene rings is 2. The number of imidazole rings is 1. The molecule has 0 saturated heterocycles. The molecule has 10 heteroatoms. The topological polar surface area (TPSA) is 119 Å². The molecule has 0 fully saturated rings. The minimum Gasteiger partial charge on any atom is -0.325 e. The van der Waals surface area contributed by atoms with E-state index < -0.39 is 5.25 Å². The zero-order chi connectivity index (χ0) is 19.7. The fourth-order valence-electron chi connectivity index (χ4n) is 2.64. The quantitative estimate of drug-likeness (QED) is 0.341. The third kappa shape index (κ3) is 3.87. The number of anilines is 1. The Hall–Kier alpha value is -2.85. The highest BCUT2D eigenvalue weighted by Gasteiger charge is 2.18. The Morgan fingerprint density at radius 1 is 1.18 bits per heavy atom. The number of aromatic amines is 3. The lowest BCUT2D eigenvalue weighted by atomic mass is 10.2. The third-order valence-electron chi connectivity index (χ3n) is 4.03. The van der Waals surface area contributed by atoms with Gasteiger partial charge in [0, 0.05) is 15.7 Å². The second-order valence-electron chi connectivity index (χ2n) is 6.04. The van der Waals surface area contributed by atoms with Gasteiger partial charge in [-0.25, -0.2) is 9.78 Å². The summed E-state index contributed by atoms with van der Waals surface area (Å²) < 4.78 is 0.909. The van der Waals surface area contributed by atoms with Crippen LogP contribution in [0.25, 0.3) is 22.4 Å². The fraction of sp³-hybridized carbons (Fsp3) is 0.111. The largest absolute Gasteiger partial charge is 0.325 e. The molecule has 0 saturated carbocycles. The van der Waals surface area contributed by atoms with Crippen LogP contribution >= 0.6 is 27.7 Å². The van der Waals surface area contributed by atoms with Crippen LogP contribution in [0.5, 0.6) is 0 Å². The lowest BCUT2D eigenvalue weighted by Crippen LogP contribution is -2.22. The standard InChI is InChI=1S/C18H15BrN6O2S/c1-9(16(26)20-10-6-7-13-14(8-10)22-17(27)21-13)28-18-23-15(24-25-18)11-4-2-3-5-12(11)19/h2-9H,1H3,(H,20,26)(H2,21,22,27)(H,23,24,25)/t9-/m0/s1. The van der Waals surface area contributed by atoms with Crippen molar-refractivity contribution in [2.45, 2.75) is 17.3 Å². The number of halogens is 1. The van der Waals surface area contributed by atoms with Crippen LogP contribution in [0.1, 0.15) is 6.92 Å². The maximum atomic E-state index is 12.5. The second-order valence-corrected chi connectivity index (χ2v) is 8.20. The van der Waals surface area contributed by atoms with E-state index in [1.807, 2.05) is 24.3 Å². The van der Waals surface area contributed by atoms with Crippen molar-refractivity contribution in [1.82, 2.24) is 25.1 Å². The number of amides is 1. The highest BCUT2D eigenvalue weighted by molar-refractivity contribution is 9.10. The van der Waals surface area contributed by atoms with Gasteiger partial charge >= 0.3 is 5.69 Å². The van der Waals surface area contributed by atoms with Gasteiger partial charge in [0.2, 0.25) is 11.1 Å². The molecule has 0 spiro atoms. The van der Waals surface area contributed by atoms with Crippen LogP contribution in [0.4, 0.5) is 5.69 Å². The van der Waals surface area contributed by atoms with Gasteiger partial charge in [-0.1, -0.05) is 45.9 Å². The summed E-state index contributed by atoms with van der Waals surface area (Å²) >= 11 is 4.74. The maximum Gasteiger partial charge on any atom is 0.323 e. The van der Waals surface area contributed by atoms with Crippen LogP contribution in [0, 0.1) is 0 Å². The van der Waals surface area contributed by atoms with Crippen LogP contribution in [0.2, 0.25) is 0 Å². The normalized spacial score (nSPS) is 12.2. The Labute approximate surface area is 171 Å². The number of nitrogens with one attached hydrogen (secondary N) is 4. The van der Waals surface area contributed by atoms with Crippen molar-refractivity contribution in [3.8, 4) is 11.4 Å². The molecule has 28 heavy (non-hydrogen) atoms. The summed E-state index contributed by atoms with van der Waals surface area (Å²) in [7, 11) is 0. The zero-order valence-corrected chi connectivity index (χ0v) is 17.0. The van der Waals surface area contributed by atoms with Crippen LogP contribution < -0.4 is 11.0 Å². The number of rotatable bonds is 5. The van der Waals surface area contributed by atoms with Gasteiger partial charge in [0.25, 0.3) is 0 Å². The van der Waals surface area contributed by atoms with Crippen molar-refractivity contribution in [1.29, 1.82) is 0 Å². The van der Waals surface area contributed by atoms with E-state index in [0.717, 1.165) is 10.0 Å². The summed E-state index contributed by atoms with van der Waals surface area (Å²) in [6, 6.07) is 12.9. The lowest BCUT2D eigenvalue weighted by molar-refractivity contribution is -0.115. The molecule has 2 heterocycles. The molecule has 0 bridgehead atoms. The molecule has 2 aromatic carbocycles. The molecule has 1 amide bonds. The molecule has 4 N–H and O–H groups in total. The molecule has 0 aliphatic heterocycles. The number of thioether (sulfide) groups is 1. The van der Waals surface area contributed by atoms with Crippen molar-refractivity contribution in [3.63, 3.8) is 0 Å². The average molecular weight is 459 g/mol. The minimum atomic E-state index is -0.413. The van der Waals surface area contributed by atoms with Crippen LogP contribution in [-0.4, -0.2) is 36.3 Å². The molecule has 0 aliphatic rings. The predicted molar refractivity (Wildman–Crippen MR) is 112 cm³/mol. The second kappa shape index (κ2) is 7.64. The predicted octanol–water partition coefficient (Wildman–Crippen LogP) is 3.52.